The molecule has 0 saturated heterocycles. The zero-order valence-corrected chi connectivity index (χ0v) is 12.9. The third kappa shape index (κ3) is 3.76. The first kappa shape index (κ1) is 13.5. The Morgan fingerprint density at radius 1 is 1.22 bits per heavy atom. The van der Waals surface area contributed by atoms with E-state index in [-0.39, 0.29) is 5.28 Å². The van der Waals surface area contributed by atoms with Gasteiger partial charge in [0.05, 0.1) is 10.7 Å². The largest absolute Gasteiger partial charge is 0.260 e. The molecular formula is C11H7Br2ClN4. The highest BCUT2D eigenvalue weighted by molar-refractivity contribution is 9.10. The van der Waals surface area contributed by atoms with Gasteiger partial charge in [0.25, 0.3) is 0 Å². The van der Waals surface area contributed by atoms with Crippen molar-refractivity contribution >= 4 is 55.5 Å². The first-order valence-corrected chi connectivity index (χ1v) is 6.84. The Hall–Kier alpha value is -0.980. The zero-order chi connectivity index (χ0) is 13.0. The van der Waals surface area contributed by atoms with Crippen molar-refractivity contribution in [3.8, 4) is 0 Å². The summed E-state index contributed by atoms with van der Waals surface area (Å²) in [6, 6.07) is 7.77. The lowest BCUT2D eigenvalue weighted by Gasteiger charge is -2.01. The van der Waals surface area contributed by atoms with Gasteiger partial charge in [0.2, 0.25) is 5.28 Å². The monoisotopic (exact) mass is 388 g/mol. The molecular weight excluding hydrogens is 383 g/mol. The molecule has 0 radical (unpaired) electrons. The summed E-state index contributed by atoms with van der Waals surface area (Å²) in [6.07, 6.45) is 3.25. The van der Waals surface area contributed by atoms with E-state index in [1.54, 1.807) is 12.4 Å². The number of halogens is 3. The van der Waals surface area contributed by atoms with Gasteiger partial charge in [-0.05, 0) is 45.2 Å². The molecule has 0 aliphatic carbocycles. The van der Waals surface area contributed by atoms with E-state index in [1.165, 1.54) is 0 Å². The number of anilines is 1. The molecule has 0 aliphatic heterocycles. The number of benzene rings is 1. The van der Waals surface area contributed by atoms with Crippen molar-refractivity contribution in [3.63, 3.8) is 0 Å². The van der Waals surface area contributed by atoms with Crippen LogP contribution in [-0.2, 0) is 0 Å². The molecule has 0 aliphatic rings. The second-order valence-corrected chi connectivity index (χ2v) is 5.37. The van der Waals surface area contributed by atoms with Crippen molar-refractivity contribution in [3.05, 3.63) is 50.3 Å². The van der Waals surface area contributed by atoms with Crippen LogP contribution in [0.4, 0.5) is 5.82 Å². The van der Waals surface area contributed by atoms with Crippen molar-refractivity contribution in [2.75, 3.05) is 5.43 Å². The van der Waals surface area contributed by atoms with Crippen LogP contribution < -0.4 is 5.43 Å². The quantitative estimate of drug-likeness (QED) is 0.488. The highest BCUT2D eigenvalue weighted by atomic mass is 79.9. The first-order chi connectivity index (χ1) is 8.65. The van der Waals surface area contributed by atoms with Gasteiger partial charge in [-0.15, -0.1) is 0 Å². The SMILES string of the molecule is Clc1ncc(Br)c(N/N=C\c2ccc(Br)cc2)n1. The second kappa shape index (κ2) is 6.26. The van der Waals surface area contributed by atoms with Crippen LogP contribution >= 0.6 is 43.5 Å². The fourth-order valence-electron chi connectivity index (χ4n) is 1.14. The van der Waals surface area contributed by atoms with E-state index in [9.17, 15) is 0 Å². The van der Waals surface area contributed by atoms with Crippen LogP contribution in [0.2, 0.25) is 5.28 Å². The molecule has 0 fully saturated rings. The average Bonchev–Trinajstić information content (AvgIpc) is 2.36. The van der Waals surface area contributed by atoms with Crippen LogP contribution in [0, 0.1) is 0 Å². The molecule has 0 saturated carbocycles. The van der Waals surface area contributed by atoms with Gasteiger partial charge in [0.15, 0.2) is 5.82 Å². The van der Waals surface area contributed by atoms with E-state index in [0.717, 1.165) is 10.0 Å². The number of hydrogen-bond donors (Lipinski definition) is 1. The molecule has 4 nitrogen and oxygen atoms in total. The molecule has 2 aromatic rings. The predicted molar refractivity (Wildman–Crippen MR) is 80.1 cm³/mol. The molecule has 18 heavy (non-hydrogen) atoms. The van der Waals surface area contributed by atoms with Gasteiger partial charge in [-0.2, -0.15) is 10.1 Å². The van der Waals surface area contributed by atoms with Crippen molar-refractivity contribution in [2.45, 2.75) is 0 Å². The highest BCUT2D eigenvalue weighted by Crippen LogP contribution is 2.19. The van der Waals surface area contributed by atoms with Gasteiger partial charge in [-0.1, -0.05) is 28.1 Å². The Bertz CT molecular complexity index is 572. The first-order valence-electron chi connectivity index (χ1n) is 4.88. The number of rotatable bonds is 3. The van der Waals surface area contributed by atoms with E-state index in [4.69, 9.17) is 11.6 Å². The molecule has 1 aromatic heterocycles. The molecule has 0 amide bonds. The molecule has 92 valence electrons. The van der Waals surface area contributed by atoms with E-state index in [2.05, 4.69) is 52.4 Å². The van der Waals surface area contributed by atoms with E-state index < -0.39 is 0 Å². The average molecular weight is 390 g/mol. The Labute approximate surface area is 126 Å². The minimum absolute atomic E-state index is 0.166. The van der Waals surface area contributed by atoms with Crippen molar-refractivity contribution in [1.29, 1.82) is 0 Å². The van der Waals surface area contributed by atoms with Crippen molar-refractivity contribution < 1.29 is 0 Å². The Balaban J connectivity index is 2.07. The summed E-state index contributed by atoms with van der Waals surface area (Å²) in [7, 11) is 0. The molecule has 0 unspecified atom stereocenters. The van der Waals surface area contributed by atoms with Crippen molar-refractivity contribution in [1.82, 2.24) is 9.97 Å². The van der Waals surface area contributed by atoms with E-state index in [0.29, 0.717) is 10.3 Å². The number of aromatic nitrogens is 2. The minimum atomic E-state index is 0.166. The number of hydrogen-bond acceptors (Lipinski definition) is 4. The Kier molecular flexibility index (Phi) is 4.68. The number of nitrogens with one attached hydrogen (secondary N) is 1. The third-order valence-electron chi connectivity index (χ3n) is 1.97. The van der Waals surface area contributed by atoms with Gasteiger partial charge in [0, 0.05) is 10.7 Å². The number of hydrazone groups is 1. The topological polar surface area (TPSA) is 50.2 Å². The fraction of sp³-hybridized carbons (Fsp3) is 0. The van der Waals surface area contributed by atoms with Gasteiger partial charge in [0.1, 0.15) is 0 Å². The molecule has 0 atom stereocenters. The summed E-state index contributed by atoms with van der Waals surface area (Å²) in [4.78, 5) is 7.82. The number of nitrogens with zero attached hydrogens (tertiary/aromatic N) is 3. The summed E-state index contributed by atoms with van der Waals surface area (Å²) in [5.41, 5.74) is 3.77. The van der Waals surface area contributed by atoms with Crippen LogP contribution in [-0.4, -0.2) is 16.2 Å². The van der Waals surface area contributed by atoms with Gasteiger partial charge in [-0.3, -0.25) is 5.43 Å². The van der Waals surface area contributed by atoms with Gasteiger partial charge < -0.3 is 0 Å². The molecule has 2 rings (SSSR count). The van der Waals surface area contributed by atoms with Crippen LogP contribution in [0.1, 0.15) is 5.56 Å². The van der Waals surface area contributed by atoms with Gasteiger partial charge in [-0.25, -0.2) is 4.98 Å². The smallest absolute Gasteiger partial charge is 0.224 e. The summed E-state index contributed by atoms with van der Waals surface area (Å²) in [5, 5.41) is 4.24. The Morgan fingerprint density at radius 2 is 1.94 bits per heavy atom. The second-order valence-electron chi connectivity index (χ2n) is 3.26. The molecule has 0 spiro atoms. The van der Waals surface area contributed by atoms with Crippen LogP contribution in [0.5, 0.6) is 0 Å². The molecule has 7 heteroatoms. The van der Waals surface area contributed by atoms with Crippen molar-refractivity contribution in [2.24, 2.45) is 5.10 Å². The van der Waals surface area contributed by atoms with Crippen LogP contribution in [0.3, 0.4) is 0 Å². The maximum atomic E-state index is 5.69. The zero-order valence-electron chi connectivity index (χ0n) is 8.94. The predicted octanol–water partition coefficient (Wildman–Crippen LogP) is 4.10. The van der Waals surface area contributed by atoms with Gasteiger partial charge >= 0.3 is 0 Å². The summed E-state index contributed by atoms with van der Waals surface area (Å²) >= 11 is 12.4. The van der Waals surface area contributed by atoms with Crippen LogP contribution in [0.15, 0.2) is 44.5 Å². The molecule has 1 aromatic carbocycles. The molecule has 1 heterocycles. The maximum Gasteiger partial charge on any atom is 0.224 e. The van der Waals surface area contributed by atoms with Crippen LogP contribution in [0.25, 0.3) is 0 Å². The normalized spacial score (nSPS) is 10.8. The van der Waals surface area contributed by atoms with E-state index in [1.807, 2.05) is 24.3 Å². The van der Waals surface area contributed by atoms with E-state index >= 15 is 0 Å². The minimum Gasteiger partial charge on any atom is -0.260 e. The lowest BCUT2D eigenvalue weighted by atomic mass is 10.2. The molecule has 0 bridgehead atoms. The lowest BCUT2D eigenvalue weighted by Crippen LogP contribution is -1.96. The maximum absolute atomic E-state index is 5.69. The Morgan fingerprint density at radius 3 is 2.67 bits per heavy atom. The summed E-state index contributed by atoms with van der Waals surface area (Å²) < 4.78 is 1.72. The third-order valence-corrected chi connectivity index (χ3v) is 3.26. The lowest BCUT2D eigenvalue weighted by molar-refractivity contribution is 1.12. The molecule has 1 N–H and O–H groups in total. The summed E-state index contributed by atoms with van der Waals surface area (Å²) in [6.45, 7) is 0. The highest BCUT2D eigenvalue weighted by Gasteiger charge is 2.01. The fourth-order valence-corrected chi connectivity index (χ4v) is 1.82. The standard InChI is InChI=1S/C11H7Br2ClN4/c12-8-3-1-7(2-4-8)5-16-18-10-9(13)6-15-11(14)17-10/h1-6H,(H,15,17,18)/b16-5-. The summed E-state index contributed by atoms with van der Waals surface area (Å²) in [5.74, 6) is 0.517.